The molecule has 0 unspecified atom stereocenters. The summed E-state index contributed by atoms with van der Waals surface area (Å²) in [6, 6.07) is 19.0. The third-order valence-corrected chi connectivity index (χ3v) is 5.75. The lowest BCUT2D eigenvalue weighted by atomic mass is 9.86. The molecule has 1 heterocycles. The van der Waals surface area contributed by atoms with Gasteiger partial charge in [-0.1, -0.05) is 12.1 Å². The molecule has 0 bridgehead atoms. The quantitative estimate of drug-likeness (QED) is 0.476. The standard InChI is InChI=1S/C27H29NO5/c1-5-32-24-15-19-16-26(29)28(20-9-13-22(31-4)14-10-20)27(23(19)17-25(24)33-6-2)18-7-11-21(30-3)12-8-18/h7-15,17,27H,5-6,16H2,1-4H3/t27-/m1/s1. The van der Waals surface area contributed by atoms with Gasteiger partial charge in [0.2, 0.25) is 5.91 Å². The second-order valence-electron chi connectivity index (χ2n) is 7.68. The molecule has 172 valence electrons. The monoisotopic (exact) mass is 447 g/mol. The first-order chi connectivity index (χ1) is 16.1. The highest BCUT2D eigenvalue weighted by atomic mass is 16.5. The summed E-state index contributed by atoms with van der Waals surface area (Å²) in [7, 11) is 3.27. The number of methoxy groups -OCH3 is 2. The average molecular weight is 448 g/mol. The molecule has 0 aliphatic carbocycles. The Balaban J connectivity index is 1.89. The molecule has 1 amide bonds. The summed E-state index contributed by atoms with van der Waals surface area (Å²) in [5, 5.41) is 0. The van der Waals surface area contributed by atoms with E-state index >= 15 is 0 Å². The van der Waals surface area contributed by atoms with E-state index in [1.807, 2.05) is 79.4 Å². The SMILES string of the molecule is CCOc1cc2c(cc1OCC)[C@@H](c1ccc(OC)cc1)N(c1ccc(OC)cc1)C(=O)C2. The fourth-order valence-electron chi connectivity index (χ4n) is 4.24. The Bertz CT molecular complexity index is 1110. The van der Waals surface area contributed by atoms with Crippen molar-refractivity contribution in [2.75, 3.05) is 32.3 Å². The van der Waals surface area contributed by atoms with Crippen molar-refractivity contribution in [3.63, 3.8) is 0 Å². The molecule has 0 fully saturated rings. The molecule has 0 aromatic heterocycles. The fraction of sp³-hybridized carbons (Fsp3) is 0.296. The molecule has 0 spiro atoms. The molecule has 1 aliphatic rings. The van der Waals surface area contributed by atoms with E-state index in [1.54, 1.807) is 14.2 Å². The van der Waals surface area contributed by atoms with Crippen LogP contribution in [0.25, 0.3) is 0 Å². The zero-order chi connectivity index (χ0) is 23.4. The first-order valence-corrected chi connectivity index (χ1v) is 11.1. The number of fused-ring (bicyclic) bond motifs is 1. The Morgan fingerprint density at radius 3 is 1.91 bits per heavy atom. The van der Waals surface area contributed by atoms with Crippen LogP contribution < -0.4 is 23.8 Å². The third kappa shape index (κ3) is 4.46. The Kier molecular flexibility index (Phi) is 6.73. The van der Waals surface area contributed by atoms with Crippen LogP contribution in [0.5, 0.6) is 23.0 Å². The summed E-state index contributed by atoms with van der Waals surface area (Å²) in [6.45, 7) is 4.93. The lowest BCUT2D eigenvalue weighted by Gasteiger charge is -2.38. The van der Waals surface area contributed by atoms with Gasteiger partial charge in [0.1, 0.15) is 11.5 Å². The second kappa shape index (κ2) is 9.86. The Morgan fingerprint density at radius 2 is 1.36 bits per heavy atom. The number of rotatable bonds is 8. The number of ether oxygens (including phenoxy) is 4. The summed E-state index contributed by atoms with van der Waals surface area (Å²) in [5.41, 5.74) is 3.74. The number of benzene rings is 3. The van der Waals surface area contributed by atoms with Gasteiger partial charge in [-0.3, -0.25) is 4.79 Å². The fourth-order valence-corrected chi connectivity index (χ4v) is 4.24. The van der Waals surface area contributed by atoms with Crippen molar-refractivity contribution < 1.29 is 23.7 Å². The van der Waals surface area contributed by atoms with E-state index in [9.17, 15) is 4.79 Å². The number of nitrogens with zero attached hydrogens (tertiary/aromatic N) is 1. The molecule has 1 aliphatic heterocycles. The minimum atomic E-state index is -0.324. The Hall–Kier alpha value is -3.67. The summed E-state index contributed by atoms with van der Waals surface area (Å²) in [4.78, 5) is 15.3. The smallest absolute Gasteiger partial charge is 0.232 e. The van der Waals surface area contributed by atoms with Crippen molar-refractivity contribution in [2.24, 2.45) is 0 Å². The second-order valence-corrected chi connectivity index (χ2v) is 7.68. The molecule has 0 radical (unpaired) electrons. The zero-order valence-electron chi connectivity index (χ0n) is 19.5. The first-order valence-electron chi connectivity index (χ1n) is 11.1. The number of carbonyl (C=O) groups excluding carboxylic acids is 1. The van der Waals surface area contributed by atoms with Gasteiger partial charge < -0.3 is 23.8 Å². The summed E-state index contributed by atoms with van der Waals surface area (Å²) in [5.74, 6) is 2.86. The molecular formula is C27H29NO5. The van der Waals surface area contributed by atoms with Crippen molar-refractivity contribution in [3.8, 4) is 23.0 Å². The molecule has 33 heavy (non-hydrogen) atoms. The van der Waals surface area contributed by atoms with E-state index in [-0.39, 0.29) is 18.4 Å². The van der Waals surface area contributed by atoms with Crippen molar-refractivity contribution in [1.29, 1.82) is 0 Å². The van der Waals surface area contributed by atoms with Crippen LogP contribution in [-0.4, -0.2) is 33.3 Å². The molecule has 4 rings (SSSR count). The molecule has 0 saturated heterocycles. The maximum absolute atomic E-state index is 13.5. The van der Waals surface area contributed by atoms with Crippen LogP contribution in [-0.2, 0) is 11.2 Å². The van der Waals surface area contributed by atoms with Gasteiger partial charge in [0.05, 0.1) is 39.9 Å². The van der Waals surface area contributed by atoms with E-state index in [0.717, 1.165) is 33.9 Å². The highest BCUT2D eigenvalue weighted by Crippen LogP contribution is 2.43. The highest BCUT2D eigenvalue weighted by Gasteiger charge is 2.36. The normalized spacial score (nSPS) is 15.1. The Morgan fingerprint density at radius 1 is 0.818 bits per heavy atom. The first kappa shape index (κ1) is 22.5. The van der Waals surface area contributed by atoms with E-state index in [4.69, 9.17) is 18.9 Å². The summed E-state index contributed by atoms with van der Waals surface area (Å²) in [6.07, 6.45) is 0.278. The number of hydrogen-bond donors (Lipinski definition) is 0. The van der Waals surface area contributed by atoms with E-state index < -0.39 is 0 Å². The Labute approximate surface area is 194 Å². The van der Waals surface area contributed by atoms with Crippen molar-refractivity contribution in [3.05, 3.63) is 77.4 Å². The predicted octanol–water partition coefficient (Wildman–Crippen LogP) is 5.18. The number of carbonyl (C=O) groups is 1. The maximum Gasteiger partial charge on any atom is 0.232 e. The average Bonchev–Trinajstić information content (AvgIpc) is 2.84. The predicted molar refractivity (Wildman–Crippen MR) is 128 cm³/mol. The summed E-state index contributed by atoms with van der Waals surface area (Å²) >= 11 is 0. The molecule has 6 heteroatoms. The van der Waals surface area contributed by atoms with Gasteiger partial charge in [-0.25, -0.2) is 0 Å². The van der Waals surface area contributed by atoms with Crippen LogP contribution in [0.3, 0.4) is 0 Å². The largest absolute Gasteiger partial charge is 0.497 e. The highest BCUT2D eigenvalue weighted by molar-refractivity contribution is 5.98. The molecule has 3 aromatic carbocycles. The summed E-state index contributed by atoms with van der Waals surface area (Å²) < 4.78 is 22.4. The van der Waals surface area contributed by atoms with Crippen molar-refractivity contribution >= 4 is 11.6 Å². The van der Waals surface area contributed by atoms with Crippen LogP contribution in [0.1, 0.15) is 36.6 Å². The van der Waals surface area contributed by atoms with Gasteiger partial charge in [-0.05, 0) is 79.1 Å². The van der Waals surface area contributed by atoms with Crippen LogP contribution in [0.15, 0.2) is 60.7 Å². The van der Waals surface area contributed by atoms with Crippen molar-refractivity contribution in [1.82, 2.24) is 0 Å². The minimum absolute atomic E-state index is 0.0140. The molecule has 1 atom stereocenters. The molecular weight excluding hydrogens is 418 g/mol. The van der Waals surface area contributed by atoms with Gasteiger partial charge in [0.25, 0.3) is 0 Å². The van der Waals surface area contributed by atoms with Gasteiger partial charge in [0, 0.05) is 5.69 Å². The topological polar surface area (TPSA) is 57.2 Å². The van der Waals surface area contributed by atoms with Crippen molar-refractivity contribution in [2.45, 2.75) is 26.3 Å². The van der Waals surface area contributed by atoms with E-state index in [1.165, 1.54) is 0 Å². The van der Waals surface area contributed by atoms with Gasteiger partial charge >= 0.3 is 0 Å². The number of hydrogen-bond acceptors (Lipinski definition) is 5. The van der Waals surface area contributed by atoms with Crippen LogP contribution >= 0.6 is 0 Å². The van der Waals surface area contributed by atoms with Gasteiger partial charge in [-0.15, -0.1) is 0 Å². The van der Waals surface area contributed by atoms with Crippen LogP contribution in [0, 0.1) is 0 Å². The van der Waals surface area contributed by atoms with Crippen LogP contribution in [0.4, 0.5) is 5.69 Å². The van der Waals surface area contributed by atoms with Crippen LogP contribution in [0.2, 0.25) is 0 Å². The van der Waals surface area contributed by atoms with Gasteiger partial charge in [-0.2, -0.15) is 0 Å². The lowest BCUT2D eigenvalue weighted by Crippen LogP contribution is -2.41. The zero-order valence-corrected chi connectivity index (χ0v) is 19.5. The number of anilines is 1. The van der Waals surface area contributed by atoms with Gasteiger partial charge in [0.15, 0.2) is 11.5 Å². The lowest BCUT2D eigenvalue weighted by molar-refractivity contribution is -0.118. The molecule has 0 N–H and O–H groups in total. The molecule has 6 nitrogen and oxygen atoms in total. The van der Waals surface area contributed by atoms with E-state index in [0.29, 0.717) is 24.7 Å². The minimum Gasteiger partial charge on any atom is -0.497 e. The molecule has 0 saturated carbocycles. The van der Waals surface area contributed by atoms with E-state index in [2.05, 4.69) is 0 Å². The maximum atomic E-state index is 13.5. The number of amides is 1. The third-order valence-electron chi connectivity index (χ3n) is 5.75. The molecule has 3 aromatic rings.